The number of rotatable bonds is 7. The van der Waals surface area contributed by atoms with Crippen LogP contribution in [0, 0.1) is 34.8 Å². The van der Waals surface area contributed by atoms with Crippen LogP contribution in [0.3, 0.4) is 0 Å². The minimum Gasteiger partial charge on any atom is -0.457 e. The van der Waals surface area contributed by atoms with Gasteiger partial charge in [-0.3, -0.25) is 14.4 Å². The first-order valence-electron chi connectivity index (χ1n) is 10.3. The van der Waals surface area contributed by atoms with Crippen molar-refractivity contribution < 1.29 is 27.9 Å². The summed E-state index contributed by atoms with van der Waals surface area (Å²) in [6.07, 6.45) is 6.52. The Bertz CT molecular complexity index is 803. The Kier molecular flexibility index (Phi) is 5.40. The smallest absolute Gasteiger partial charge is 0.308 e. The third-order valence-electron chi connectivity index (χ3n) is 6.73. The first-order chi connectivity index (χ1) is 13.8. The van der Waals surface area contributed by atoms with Gasteiger partial charge in [-0.2, -0.15) is 0 Å². The molecule has 0 heterocycles. The summed E-state index contributed by atoms with van der Waals surface area (Å²) < 4.78 is 31.6. The zero-order valence-corrected chi connectivity index (χ0v) is 16.2. The molecule has 4 fully saturated rings. The molecule has 29 heavy (non-hydrogen) atoms. The van der Waals surface area contributed by atoms with Gasteiger partial charge in [0.25, 0.3) is 0 Å². The summed E-state index contributed by atoms with van der Waals surface area (Å²) in [5.74, 6) is -1.08. The second kappa shape index (κ2) is 7.84. The Labute approximate surface area is 168 Å². The summed E-state index contributed by atoms with van der Waals surface area (Å²) in [7, 11) is 0. The van der Waals surface area contributed by atoms with Crippen LogP contribution >= 0.6 is 0 Å². The molecule has 0 spiro atoms. The van der Waals surface area contributed by atoms with E-state index in [1.165, 1.54) is 19.3 Å². The highest BCUT2D eigenvalue weighted by molar-refractivity contribution is 5.98. The van der Waals surface area contributed by atoms with Gasteiger partial charge in [-0.15, -0.1) is 0 Å². The second-order valence-electron chi connectivity index (χ2n) is 8.91. The van der Waals surface area contributed by atoms with Crippen molar-refractivity contribution in [3.05, 3.63) is 35.4 Å². The lowest BCUT2D eigenvalue weighted by Crippen LogP contribution is -2.53. The third kappa shape index (κ3) is 4.19. The molecule has 5 rings (SSSR count). The van der Waals surface area contributed by atoms with Crippen LogP contribution in [0.4, 0.5) is 8.78 Å². The van der Waals surface area contributed by atoms with Crippen molar-refractivity contribution in [2.75, 3.05) is 13.2 Å². The van der Waals surface area contributed by atoms with E-state index in [0.29, 0.717) is 17.8 Å². The van der Waals surface area contributed by atoms with Crippen LogP contribution < -0.4 is 5.32 Å². The van der Waals surface area contributed by atoms with Crippen molar-refractivity contribution in [2.24, 2.45) is 23.2 Å². The van der Waals surface area contributed by atoms with Gasteiger partial charge in [0.15, 0.2) is 6.61 Å². The summed E-state index contributed by atoms with van der Waals surface area (Å²) in [6, 6.07) is 2.53. The maximum atomic E-state index is 13.6. The van der Waals surface area contributed by atoms with Gasteiger partial charge in [-0.05, 0) is 74.5 Å². The summed E-state index contributed by atoms with van der Waals surface area (Å²) in [4.78, 5) is 36.6. The molecule has 5 nitrogen and oxygen atoms in total. The standard InChI is InChI=1S/C22H25F2NO4/c23-16-1-2-18(24)17(8-16)19(26)12-29-20(27)3-4-25-21(28)22-9-13-5-14(10-22)7-15(6-13)11-22/h1-2,8,13-15H,3-7,9-12H2,(H,25,28). The Morgan fingerprint density at radius 1 is 1.03 bits per heavy atom. The minimum atomic E-state index is -0.865. The molecule has 4 saturated carbocycles. The molecular weight excluding hydrogens is 380 g/mol. The average molecular weight is 405 g/mol. The quantitative estimate of drug-likeness (QED) is 0.557. The zero-order chi connectivity index (χ0) is 20.6. The summed E-state index contributed by atoms with van der Waals surface area (Å²) in [5.41, 5.74) is -0.725. The van der Waals surface area contributed by atoms with Gasteiger partial charge in [0.1, 0.15) is 11.6 Å². The molecule has 0 unspecified atom stereocenters. The summed E-state index contributed by atoms with van der Waals surface area (Å²) >= 11 is 0. The fourth-order valence-corrected chi connectivity index (χ4v) is 5.86. The van der Waals surface area contributed by atoms with E-state index in [-0.39, 0.29) is 24.3 Å². The predicted molar refractivity (Wildman–Crippen MR) is 99.9 cm³/mol. The Morgan fingerprint density at radius 2 is 1.66 bits per heavy atom. The third-order valence-corrected chi connectivity index (χ3v) is 6.73. The van der Waals surface area contributed by atoms with Gasteiger partial charge < -0.3 is 10.1 Å². The average Bonchev–Trinajstić information content (AvgIpc) is 2.67. The van der Waals surface area contributed by atoms with Crippen molar-refractivity contribution in [2.45, 2.75) is 44.9 Å². The topological polar surface area (TPSA) is 72.5 Å². The molecule has 7 heteroatoms. The van der Waals surface area contributed by atoms with Crippen molar-refractivity contribution in [1.29, 1.82) is 0 Å². The molecule has 1 aromatic rings. The van der Waals surface area contributed by atoms with Gasteiger partial charge in [0.05, 0.1) is 12.0 Å². The molecule has 0 atom stereocenters. The van der Waals surface area contributed by atoms with Gasteiger partial charge >= 0.3 is 5.97 Å². The molecule has 4 bridgehead atoms. The number of nitrogens with one attached hydrogen (secondary N) is 1. The van der Waals surface area contributed by atoms with E-state index in [1.54, 1.807) is 0 Å². The van der Waals surface area contributed by atoms with Gasteiger partial charge in [0, 0.05) is 12.0 Å². The Morgan fingerprint density at radius 3 is 2.28 bits per heavy atom. The van der Waals surface area contributed by atoms with Crippen LogP contribution in [-0.2, 0) is 14.3 Å². The number of ketones is 1. The van der Waals surface area contributed by atoms with Crippen molar-refractivity contribution >= 4 is 17.7 Å². The van der Waals surface area contributed by atoms with Crippen molar-refractivity contribution in [3.8, 4) is 0 Å². The largest absolute Gasteiger partial charge is 0.457 e. The number of ether oxygens (including phenoxy) is 1. The van der Waals surface area contributed by atoms with Crippen molar-refractivity contribution in [3.63, 3.8) is 0 Å². The number of benzene rings is 1. The van der Waals surface area contributed by atoms with Crippen LogP contribution in [0.5, 0.6) is 0 Å². The number of hydrogen-bond acceptors (Lipinski definition) is 4. The molecule has 0 saturated heterocycles. The first-order valence-corrected chi connectivity index (χ1v) is 10.3. The molecular formula is C22H25F2NO4. The van der Waals surface area contributed by atoms with Crippen LogP contribution in [0.1, 0.15) is 55.3 Å². The SMILES string of the molecule is O=C(CCNC(=O)C12CC3CC(CC(C3)C1)C2)OCC(=O)c1cc(F)ccc1F. The normalized spacial score (nSPS) is 29.5. The summed E-state index contributed by atoms with van der Waals surface area (Å²) in [5, 5.41) is 2.87. The van der Waals surface area contributed by atoms with E-state index in [2.05, 4.69) is 5.32 Å². The molecule has 4 aliphatic rings. The molecule has 0 radical (unpaired) electrons. The predicted octanol–water partition coefficient (Wildman–Crippen LogP) is 3.41. The molecule has 1 N–H and O–H groups in total. The van der Waals surface area contributed by atoms with E-state index in [9.17, 15) is 23.2 Å². The number of carbonyl (C=O) groups excluding carboxylic acids is 3. The molecule has 156 valence electrons. The van der Waals surface area contributed by atoms with Crippen molar-refractivity contribution in [1.82, 2.24) is 5.32 Å². The van der Waals surface area contributed by atoms with Crippen LogP contribution in [0.25, 0.3) is 0 Å². The number of hydrogen-bond donors (Lipinski definition) is 1. The molecule has 0 aromatic heterocycles. The Hall–Kier alpha value is -2.31. The lowest BCUT2D eigenvalue weighted by Gasteiger charge is -2.55. The molecule has 0 aliphatic heterocycles. The zero-order valence-electron chi connectivity index (χ0n) is 16.2. The number of amides is 1. The summed E-state index contributed by atoms with van der Waals surface area (Å²) in [6.45, 7) is -0.524. The highest BCUT2D eigenvalue weighted by Gasteiger charge is 2.54. The molecule has 1 amide bonds. The molecule has 4 aliphatic carbocycles. The molecule has 1 aromatic carbocycles. The first kappa shape index (κ1) is 20.0. The highest BCUT2D eigenvalue weighted by Crippen LogP contribution is 2.60. The van der Waals surface area contributed by atoms with Gasteiger partial charge in [0.2, 0.25) is 11.7 Å². The van der Waals surface area contributed by atoms with Crippen LogP contribution in [0.15, 0.2) is 18.2 Å². The van der Waals surface area contributed by atoms with Crippen LogP contribution in [0.2, 0.25) is 0 Å². The number of halogens is 2. The lowest BCUT2D eigenvalue weighted by molar-refractivity contribution is -0.147. The Balaban J connectivity index is 1.22. The van der Waals surface area contributed by atoms with E-state index in [0.717, 1.165) is 37.5 Å². The van der Waals surface area contributed by atoms with E-state index in [1.807, 2.05) is 0 Å². The van der Waals surface area contributed by atoms with Crippen LogP contribution in [-0.4, -0.2) is 30.8 Å². The minimum absolute atomic E-state index is 0.0299. The maximum absolute atomic E-state index is 13.6. The number of carbonyl (C=O) groups is 3. The van der Waals surface area contributed by atoms with Gasteiger partial charge in [-0.25, -0.2) is 8.78 Å². The van der Waals surface area contributed by atoms with E-state index in [4.69, 9.17) is 4.74 Å². The number of esters is 1. The maximum Gasteiger partial charge on any atom is 0.308 e. The van der Waals surface area contributed by atoms with E-state index >= 15 is 0 Å². The van der Waals surface area contributed by atoms with E-state index < -0.39 is 35.6 Å². The monoisotopic (exact) mass is 405 g/mol. The number of Topliss-reactive ketones (excluding diaryl/α,β-unsaturated/α-hetero) is 1. The lowest BCUT2D eigenvalue weighted by atomic mass is 9.49. The fourth-order valence-electron chi connectivity index (χ4n) is 5.86. The fraction of sp³-hybridized carbons (Fsp3) is 0.591. The highest BCUT2D eigenvalue weighted by atomic mass is 19.1. The van der Waals surface area contributed by atoms with Gasteiger partial charge in [-0.1, -0.05) is 0 Å². The second-order valence-corrected chi connectivity index (χ2v) is 8.91.